The molecule has 1 saturated carbocycles. The van der Waals surface area contributed by atoms with Crippen LogP contribution in [0.4, 0.5) is 11.5 Å². The number of hydrogen-bond acceptors (Lipinski definition) is 6. The number of nitrogens with one attached hydrogen (secondary N) is 2. The molecule has 2 aromatic rings. The number of ether oxygens (including phenoxy) is 1. The van der Waals surface area contributed by atoms with Crippen LogP contribution in [0.25, 0.3) is 0 Å². The van der Waals surface area contributed by atoms with Crippen molar-refractivity contribution in [3.63, 3.8) is 0 Å². The molecule has 7 nitrogen and oxygen atoms in total. The summed E-state index contributed by atoms with van der Waals surface area (Å²) in [6.07, 6.45) is 3.29. The van der Waals surface area contributed by atoms with Gasteiger partial charge in [-0.1, -0.05) is 11.6 Å². The van der Waals surface area contributed by atoms with Crippen LogP contribution in [-0.2, 0) is 4.74 Å². The van der Waals surface area contributed by atoms with Gasteiger partial charge in [0.25, 0.3) is 5.91 Å². The zero-order valence-electron chi connectivity index (χ0n) is 12.9. The van der Waals surface area contributed by atoms with Crippen molar-refractivity contribution < 1.29 is 14.3 Å². The smallest absolute Gasteiger partial charge is 0.337 e. The molecule has 3 rings (SSSR count). The first-order valence-electron chi connectivity index (χ1n) is 7.34. The zero-order chi connectivity index (χ0) is 17.1. The average Bonchev–Trinajstić information content (AvgIpc) is 3.40. The number of carbonyl (C=O) groups excluding carboxylic acids is 2. The van der Waals surface area contributed by atoms with E-state index in [1.54, 1.807) is 18.2 Å². The summed E-state index contributed by atoms with van der Waals surface area (Å²) < 4.78 is 4.69. The third-order valence-corrected chi connectivity index (χ3v) is 3.79. The van der Waals surface area contributed by atoms with Gasteiger partial charge in [0.1, 0.15) is 17.8 Å². The maximum absolute atomic E-state index is 12.0. The summed E-state index contributed by atoms with van der Waals surface area (Å²) in [6, 6.07) is 6.47. The van der Waals surface area contributed by atoms with Crippen molar-refractivity contribution in [1.29, 1.82) is 0 Å². The Labute approximate surface area is 143 Å². The molecule has 124 valence electrons. The molecule has 1 aliphatic carbocycles. The largest absolute Gasteiger partial charge is 0.465 e. The van der Waals surface area contributed by atoms with E-state index in [-0.39, 0.29) is 17.6 Å². The molecule has 8 heteroatoms. The van der Waals surface area contributed by atoms with Gasteiger partial charge in [-0.2, -0.15) is 0 Å². The third kappa shape index (κ3) is 3.80. The summed E-state index contributed by atoms with van der Waals surface area (Å²) in [5, 5.41) is 6.25. The van der Waals surface area contributed by atoms with E-state index in [1.807, 2.05) is 0 Å². The van der Waals surface area contributed by atoms with Crippen LogP contribution >= 0.6 is 11.6 Å². The number of halogens is 1. The van der Waals surface area contributed by atoms with Crippen LogP contribution in [0.15, 0.2) is 30.6 Å². The number of methoxy groups -OCH3 is 1. The molecule has 1 aromatic carbocycles. The van der Waals surface area contributed by atoms with Crippen molar-refractivity contribution in [3.05, 3.63) is 46.9 Å². The molecule has 0 spiro atoms. The maximum Gasteiger partial charge on any atom is 0.337 e. The van der Waals surface area contributed by atoms with Gasteiger partial charge >= 0.3 is 5.97 Å². The number of amides is 1. The number of hydrogen-bond donors (Lipinski definition) is 2. The topological polar surface area (TPSA) is 93.2 Å². The van der Waals surface area contributed by atoms with E-state index in [9.17, 15) is 9.59 Å². The van der Waals surface area contributed by atoms with Crippen molar-refractivity contribution in [2.75, 3.05) is 12.4 Å². The second-order valence-corrected chi connectivity index (χ2v) is 5.75. The second-order valence-electron chi connectivity index (χ2n) is 5.35. The molecule has 2 N–H and O–H groups in total. The zero-order valence-corrected chi connectivity index (χ0v) is 13.6. The van der Waals surface area contributed by atoms with Gasteiger partial charge in [-0.15, -0.1) is 0 Å². The van der Waals surface area contributed by atoms with E-state index in [0.717, 1.165) is 12.8 Å². The highest BCUT2D eigenvalue weighted by molar-refractivity contribution is 6.33. The molecule has 1 aliphatic rings. The van der Waals surface area contributed by atoms with Gasteiger partial charge in [0.15, 0.2) is 0 Å². The summed E-state index contributed by atoms with van der Waals surface area (Å²) in [7, 11) is 1.30. The molecule has 0 aliphatic heterocycles. The summed E-state index contributed by atoms with van der Waals surface area (Å²) >= 11 is 6.14. The highest BCUT2D eigenvalue weighted by atomic mass is 35.5. The molecule has 24 heavy (non-hydrogen) atoms. The van der Waals surface area contributed by atoms with Crippen LogP contribution in [0.3, 0.4) is 0 Å². The standard InChI is InChI=1S/C16H15ClN4O3/c1-24-16(23)9-2-5-11(17)12(6-9)21-14-7-13(18-8-19-14)15(22)20-10-3-4-10/h2,5-8,10H,3-4H2,1H3,(H,20,22)(H,18,19,21). The number of aromatic nitrogens is 2. The van der Waals surface area contributed by atoms with E-state index in [4.69, 9.17) is 11.6 Å². The first kappa shape index (κ1) is 16.2. The third-order valence-electron chi connectivity index (χ3n) is 3.46. The predicted molar refractivity (Wildman–Crippen MR) is 88.6 cm³/mol. The molecule has 0 bridgehead atoms. The summed E-state index contributed by atoms with van der Waals surface area (Å²) in [5.74, 6) is -0.311. The number of esters is 1. The summed E-state index contributed by atoms with van der Waals surface area (Å²) in [5.41, 5.74) is 1.09. The van der Waals surface area contributed by atoms with Crippen LogP contribution in [0.2, 0.25) is 5.02 Å². The van der Waals surface area contributed by atoms with Crippen molar-refractivity contribution in [2.24, 2.45) is 0 Å². The maximum atomic E-state index is 12.0. The van der Waals surface area contributed by atoms with Crippen LogP contribution in [0.5, 0.6) is 0 Å². The number of nitrogens with zero attached hydrogens (tertiary/aromatic N) is 2. The first-order chi connectivity index (χ1) is 11.6. The quantitative estimate of drug-likeness (QED) is 0.808. The summed E-state index contributed by atoms with van der Waals surface area (Å²) in [6.45, 7) is 0. The number of carbonyl (C=O) groups is 2. The van der Waals surface area contributed by atoms with E-state index >= 15 is 0 Å². The van der Waals surface area contributed by atoms with Crippen molar-refractivity contribution in [3.8, 4) is 0 Å². The molecule has 1 aromatic heterocycles. The Morgan fingerprint density at radius 1 is 1.25 bits per heavy atom. The molecule has 0 unspecified atom stereocenters. The Kier molecular flexibility index (Phi) is 4.61. The van der Waals surface area contributed by atoms with E-state index < -0.39 is 5.97 Å². The lowest BCUT2D eigenvalue weighted by Crippen LogP contribution is -2.26. The minimum Gasteiger partial charge on any atom is -0.465 e. The minimum absolute atomic E-state index is 0.239. The van der Waals surface area contributed by atoms with Gasteiger partial charge in [0.05, 0.1) is 23.4 Å². The molecule has 0 saturated heterocycles. The van der Waals surface area contributed by atoms with E-state index in [1.165, 1.54) is 19.5 Å². The monoisotopic (exact) mass is 346 g/mol. The van der Waals surface area contributed by atoms with E-state index in [0.29, 0.717) is 22.1 Å². The predicted octanol–water partition coefficient (Wildman–Crippen LogP) is 2.55. The lowest BCUT2D eigenvalue weighted by Gasteiger charge is -2.10. The van der Waals surface area contributed by atoms with Crippen LogP contribution in [0.1, 0.15) is 33.7 Å². The SMILES string of the molecule is COC(=O)c1ccc(Cl)c(Nc2cc(C(=O)NC3CC3)ncn2)c1. The Balaban J connectivity index is 1.80. The Morgan fingerprint density at radius 3 is 2.75 bits per heavy atom. The number of anilines is 2. The lowest BCUT2D eigenvalue weighted by molar-refractivity contribution is 0.0600. The number of rotatable bonds is 5. The van der Waals surface area contributed by atoms with Crippen molar-refractivity contribution >= 4 is 35.0 Å². The van der Waals surface area contributed by atoms with Gasteiger partial charge in [-0.25, -0.2) is 14.8 Å². The van der Waals surface area contributed by atoms with Crippen molar-refractivity contribution in [1.82, 2.24) is 15.3 Å². The van der Waals surface area contributed by atoms with Gasteiger partial charge in [-0.3, -0.25) is 4.79 Å². The molecular formula is C16H15ClN4O3. The van der Waals surface area contributed by atoms with Crippen LogP contribution < -0.4 is 10.6 Å². The first-order valence-corrected chi connectivity index (χ1v) is 7.72. The normalized spacial score (nSPS) is 13.2. The fourth-order valence-electron chi connectivity index (χ4n) is 2.04. The van der Waals surface area contributed by atoms with Crippen LogP contribution in [-0.4, -0.2) is 35.0 Å². The van der Waals surface area contributed by atoms with Crippen LogP contribution in [0, 0.1) is 0 Å². The van der Waals surface area contributed by atoms with Gasteiger partial charge < -0.3 is 15.4 Å². The Hall–Kier alpha value is -2.67. The van der Waals surface area contributed by atoms with Gasteiger partial charge in [0, 0.05) is 12.1 Å². The molecular weight excluding hydrogens is 332 g/mol. The number of benzene rings is 1. The highest BCUT2D eigenvalue weighted by Crippen LogP contribution is 2.26. The molecule has 1 amide bonds. The van der Waals surface area contributed by atoms with Crippen molar-refractivity contribution in [2.45, 2.75) is 18.9 Å². The van der Waals surface area contributed by atoms with Gasteiger partial charge in [0.2, 0.25) is 0 Å². The summed E-state index contributed by atoms with van der Waals surface area (Å²) in [4.78, 5) is 31.7. The molecule has 0 radical (unpaired) electrons. The average molecular weight is 347 g/mol. The molecule has 1 fully saturated rings. The second kappa shape index (κ2) is 6.84. The Morgan fingerprint density at radius 2 is 2.04 bits per heavy atom. The highest BCUT2D eigenvalue weighted by Gasteiger charge is 2.24. The molecule has 1 heterocycles. The lowest BCUT2D eigenvalue weighted by atomic mass is 10.2. The van der Waals surface area contributed by atoms with E-state index in [2.05, 4.69) is 25.3 Å². The minimum atomic E-state index is -0.470. The van der Waals surface area contributed by atoms with Gasteiger partial charge in [-0.05, 0) is 31.0 Å². The fraction of sp³-hybridized carbons (Fsp3) is 0.250. The fourth-order valence-corrected chi connectivity index (χ4v) is 2.21. The molecule has 0 atom stereocenters. The Bertz CT molecular complexity index is 793.